The first-order chi connectivity index (χ1) is 11.4. The Bertz CT molecular complexity index is 442. The quantitative estimate of drug-likeness (QED) is 0.370. The second kappa shape index (κ2) is 10.4. The van der Waals surface area contributed by atoms with Gasteiger partial charge in [-0.05, 0) is 43.9 Å². The van der Waals surface area contributed by atoms with E-state index in [1.165, 1.54) is 25.7 Å². The van der Waals surface area contributed by atoms with E-state index in [1.807, 2.05) is 6.92 Å². The van der Waals surface area contributed by atoms with E-state index < -0.39 is 0 Å². The fourth-order valence-corrected chi connectivity index (χ4v) is 3.80. The first-order valence-electron chi connectivity index (χ1n) is 9.40. The molecule has 0 radical (unpaired) electrons. The normalized spacial score (nSPS) is 20.3. The Morgan fingerprint density at radius 3 is 2.40 bits per heavy atom. The number of hydrogen-bond donors (Lipinski definition) is 2. The maximum atomic E-state index is 11.7. The highest BCUT2D eigenvalue weighted by atomic mass is 127. The molecule has 1 heterocycles. The fraction of sp³-hybridized carbons (Fsp3) is 0.889. The van der Waals surface area contributed by atoms with Crippen molar-refractivity contribution in [2.45, 2.75) is 65.3 Å². The molecule has 1 saturated carbocycles. The van der Waals surface area contributed by atoms with Crippen LogP contribution in [0.4, 0.5) is 4.79 Å². The minimum absolute atomic E-state index is 0. The highest BCUT2D eigenvalue weighted by molar-refractivity contribution is 14.0. The molecular weight excluding hydrogens is 431 g/mol. The Morgan fingerprint density at radius 2 is 1.84 bits per heavy atom. The minimum atomic E-state index is -0.212. The lowest BCUT2D eigenvalue weighted by molar-refractivity contribution is 0.0963. The Labute approximate surface area is 169 Å². The van der Waals surface area contributed by atoms with Crippen molar-refractivity contribution < 1.29 is 9.53 Å². The Morgan fingerprint density at radius 1 is 1.24 bits per heavy atom. The summed E-state index contributed by atoms with van der Waals surface area (Å²) in [4.78, 5) is 18.1. The molecule has 2 rings (SSSR count). The largest absolute Gasteiger partial charge is 0.450 e. The third-order valence-corrected chi connectivity index (χ3v) is 5.49. The fourth-order valence-electron chi connectivity index (χ4n) is 3.80. The van der Waals surface area contributed by atoms with Crippen molar-refractivity contribution in [2.75, 3.05) is 26.2 Å². The van der Waals surface area contributed by atoms with Gasteiger partial charge < -0.3 is 20.7 Å². The Hall–Kier alpha value is -0.730. The molecule has 2 fully saturated rings. The van der Waals surface area contributed by atoms with Crippen LogP contribution in [0.1, 0.15) is 59.3 Å². The number of ether oxygens (including phenoxy) is 1. The monoisotopic (exact) mass is 466 g/mol. The van der Waals surface area contributed by atoms with Crippen molar-refractivity contribution in [2.24, 2.45) is 22.1 Å². The van der Waals surface area contributed by atoms with Gasteiger partial charge in [0.25, 0.3) is 0 Å². The van der Waals surface area contributed by atoms with Crippen LogP contribution >= 0.6 is 24.0 Å². The molecule has 1 saturated heterocycles. The summed E-state index contributed by atoms with van der Waals surface area (Å²) in [5.74, 6) is 1.30. The van der Waals surface area contributed by atoms with E-state index >= 15 is 0 Å². The van der Waals surface area contributed by atoms with Crippen molar-refractivity contribution in [3.05, 3.63) is 0 Å². The van der Waals surface area contributed by atoms with E-state index in [0.29, 0.717) is 25.7 Å². The number of aliphatic imine (C=N–C) groups is 1. The summed E-state index contributed by atoms with van der Waals surface area (Å²) in [5.41, 5.74) is 6.30. The zero-order chi connectivity index (χ0) is 17.6. The summed E-state index contributed by atoms with van der Waals surface area (Å²) < 4.78 is 5.04. The lowest BCUT2D eigenvalue weighted by Gasteiger charge is -2.32. The van der Waals surface area contributed by atoms with Crippen LogP contribution in [-0.4, -0.2) is 49.2 Å². The number of nitrogens with zero attached hydrogens (tertiary/aromatic N) is 2. The molecule has 25 heavy (non-hydrogen) atoms. The van der Waals surface area contributed by atoms with E-state index in [-0.39, 0.29) is 41.5 Å². The van der Waals surface area contributed by atoms with Crippen LogP contribution in [0.5, 0.6) is 0 Å². The molecule has 3 N–H and O–H groups in total. The summed E-state index contributed by atoms with van der Waals surface area (Å²) in [6.45, 7) is 9.05. The van der Waals surface area contributed by atoms with Crippen molar-refractivity contribution in [1.29, 1.82) is 0 Å². The van der Waals surface area contributed by atoms with Crippen LogP contribution in [0, 0.1) is 11.3 Å². The van der Waals surface area contributed by atoms with Gasteiger partial charge in [0.05, 0.1) is 6.61 Å². The first-order valence-corrected chi connectivity index (χ1v) is 9.40. The molecule has 7 heteroatoms. The number of rotatable bonds is 5. The van der Waals surface area contributed by atoms with Crippen molar-refractivity contribution in [3.63, 3.8) is 0 Å². The number of amides is 1. The van der Waals surface area contributed by atoms with Gasteiger partial charge in [0.2, 0.25) is 0 Å². The van der Waals surface area contributed by atoms with E-state index in [2.05, 4.69) is 24.2 Å². The molecule has 0 bridgehead atoms. The number of likely N-dealkylation sites (tertiary alicyclic amines) is 1. The van der Waals surface area contributed by atoms with Gasteiger partial charge >= 0.3 is 6.09 Å². The summed E-state index contributed by atoms with van der Waals surface area (Å²) in [6, 6.07) is 0.286. The van der Waals surface area contributed by atoms with E-state index in [1.54, 1.807) is 4.90 Å². The number of carbonyl (C=O) groups is 1. The third-order valence-electron chi connectivity index (χ3n) is 5.49. The summed E-state index contributed by atoms with van der Waals surface area (Å²) in [7, 11) is 0. The van der Waals surface area contributed by atoms with Crippen molar-refractivity contribution in [1.82, 2.24) is 10.2 Å². The lowest BCUT2D eigenvalue weighted by Crippen LogP contribution is -2.48. The number of guanidine groups is 1. The summed E-state index contributed by atoms with van der Waals surface area (Å²) >= 11 is 0. The van der Waals surface area contributed by atoms with Gasteiger partial charge in [-0.3, -0.25) is 4.99 Å². The Kier molecular flexibility index (Phi) is 9.30. The average Bonchev–Trinajstić information content (AvgIpc) is 3.09. The van der Waals surface area contributed by atoms with Gasteiger partial charge in [-0.15, -0.1) is 24.0 Å². The molecule has 1 amide bonds. The summed E-state index contributed by atoms with van der Waals surface area (Å²) in [5, 5.41) is 3.32. The third kappa shape index (κ3) is 6.83. The second-order valence-corrected chi connectivity index (χ2v) is 7.78. The van der Waals surface area contributed by atoms with Gasteiger partial charge in [0, 0.05) is 25.7 Å². The topological polar surface area (TPSA) is 80.0 Å². The molecule has 1 aliphatic carbocycles. The highest BCUT2D eigenvalue weighted by Gasteiger charge is 2.31. The molecular formula is C18H35IN4O2. The predicted molar refractivity (Wildman–Crippen MR) is 112 cm³/mol. The minimum Gasteiger partial charge on any atom is -0.450 e. The zero-order valence-electron chi connectivity index (χ0n) is 15.9. The number of nitrogens with two attached hydrogens (primary N) is 1. The van der Waals surface area contributed by atoms with E-state index in [0.717, 1.165) is 25.3 Å². The van der Waals surface area contributed by atoms with Crippen LogP contribution < -0.4 is 11.1 Å². The van der Waals surface area contributed by atoms with Gasteiger partial charge in [-0.25, -0.2) is 4.79 Å². The second-order valence-electron chi connectivity index (χ2n) is 7.78. The molecule has 0 atom stereocenters. The number of carbonyl (C=O) groups excluding carboxylic acids is 1. The molecule has 0 spiro atoms. The predicted octanol–water partition coefficient (Wildman–Crippen LogP) is 3.35. The SMILES string of the molecule is CCOC(=O)N1CCC(NC(N)=NCC(C)(C)C2CCCC2)CC1.I. The number of hydrogen-bond acceptors (Lipinski definition) is 3. The molecule has 0 aromatic carbocycles. The number of halogens is 1. The molecule has 146 valence electrons. The van der Waals surface area contributed by atoms with Gasteiger partial charge in [-0.1, -0.05) is 26.7 Å². The van der Waals surface area contributed by atoms with Crippen LogP contribution in [0.3, 0.4) is 0 Å². The molecule has 1 aliphatic heterocycles. The molecule has 0 aromatic rings. The Balaban J connectivity index is 0.00000312. The zero-order valence-corrected chi connectivity index (χ0v) is 18.3. The van der Waals surface area contributed by atoms with Crippen LogP contribution in [0.25, 0.3) is 0 Å². The maximum absolute atomic E-state index is 11.7. The number of piperidine rings is 1. The van der Waals surface area contributed by atoms with Crippen molar-refractivity contribution in [3.8, 4) is 0 Å². The highest BCUT2D eigenvalue weighted by Crippen LogP contribution is 2.39. The summed E-state index contributed by atoms with van der Waals surface area (Å²) in [6.07, 6.45) is 6.89. The van der Waals surface area contributed by atoms with Gasteiger partial charge in [0.15, 0.2) is 5.96 Å². The molecule has 6 nitrogen and oxygen atoms in total. The first kappa shape index (κ1) is 22.3. The molecule has 2 aliphatic rings. The van der Waals surface area contributed by atoms with Gasteiger partial charge in [0.1, 0.15) is 0 Å². The number of nitrogens with one attached hydrogen (secondary N) is 1. The van der Waals surface area contributed by atoms with Crippen molar-refractivity contribution >= 4 is 36.0 Å². The van der Waals surface area contributed by atoms with Crippen LogP contribution in [0.2, 0.25) is 0 Å². The lowest BCUT2D eigenvalue weighted by atomic mass is 9.78. The average molecular weight is 466 g/mol. The van der Waals surface area contributed by atoms with E-state index in [9.17, 15) is 4.79 Å². The van der Waals surface area contributed by atoms with Crippen LogP contribution in [-0.2, 0) is 4.74 Å². The molecule has 0 aromatic heterocycles. The molecule has 0 unspecified atom stereocenters. The smallest absolute Gasteiger partial charge is 0.409 e. The maximum Gasteiger partial charge on any atom is 0.409 e. The van der Waals surface area contributed by atoms with Crippen LogP contribution in [0.15, 0.2) is 4.99 Å². The van der Waals surface area contributed by atoms with E-state index in [4.69, 9.17) is 10.5 Å². The van der Waals surface area contributed by atoms with Gasteiger partial charge in [-0.2, -0.15) is 0 Å². The standard InChI is InChI=1S/C18H34N4O2.HI/c1-4-24-17(23)22-11-9-15(10-12-22)21-16(19)20-13-18(2,3)14-7-5-6-8-14;/h14-15H,4-13H2,1-3H3,(H3,19,20,21);1H.